The predicted molar refractivity (Wildman–Crippen MR) is 86.1 cm³/mol. The van der Waals surface area contributed by atoms with Crippen molar-refractivity contribution in [3.63, 3.8) is 0 Å². The lowest BCUT2D eigenvalue weighted by Crippen LogP contribution is -2.48. The van der Waals surface area contributed by atoms with Crippen LogP contribution in [0.5, 0.6) is 5.75 Å². The van der Waals surface area contributed by atoms with E-state index in [4.69, 9.17) is 4.74 Å². The minimum Gasteiger partial charge on any atom is -0.484 e. The maximum Gasteiger partial charge on any atom is 0.260 e. The number of nitrogens with zero attached hydrogens (tertiary/aromatic N) is 1. The second kappa shape index (κ2) is 7.43. The number of hydrogen-bond acceptors (Lipinski definition) is 3. The summed E-state index contributed by atoms with van der Waals surface area (Å²) in [6.07, 6.45) is 3.35. The zero-order valence-electron chi connectivity index (χ0n) is 13.7. The number of hydrogen-bond donors (Lipinski definition) is 0. The average Bonchev–Trinajstić information content (AvgIpc) is 2.53. The molecular weight excluding hydrogens is 278 g/mol. The average molecular weight is 303 g/mol. The van der Waals surface area contributed by atoms with Gasteiger partial charge in [0, 0.05) is 18.2 Å². The molecule has 1 aliphatic rings. The molecule has 0 radical (unpaired) electrons. The Morgan fingerprint density at radius 1 is 1.23 bits per heavy atom. The van der Waals surface area contributed by atoms with E-state index in [9.17, 15) is 9.59 Å². The molecule has 0 bridgehead atoms. The van der Waals surface area contributed by atoms with Crippen molar-refractivity contribution in [2.45, 2.75) is 46.1 Å². The van der Waals surface area contributed by atoms with E-state index in [1.54, 1.807) is 24.3 Å². The van der Waals surface area contributed by atoms with Crippen molar-refractivity contribution in [1.29, 1.82) is 0 Å². The molecule has 1 fully saturated rings. The van der Waals surface area contributed by atoms with Gasteiger partial charge in [-0.15, -0.1) is 0 Å². The topological polar surface area (TPSA) is 46.6 Å². The van der Waals surface area contributed by atoms with Gasteiger partial charge >= 0.3 is 0 Å². The van der Waals surface area contributed by atoms with Crippen LogP contribution in [0.2, 0.25) is 0 Å². The number of rotatable bonds is 5. The smallest absolute Gasteiger partial charge is 0.260 e. The summed E-state index contributed by atoms with van der Waals surface area (Å²) in [7, 11) is 0. The Kier molecular flexibility index (Phi) is 5.58. The monoisotopic (exact) mass is 303 g/mol. The second-order valence-electron chi connectivity index (χ2n) is 6.26. The Balaban J connectivity index is 1.92. The van der Waals surface area contributed by atoms with Gasteiger partial charge in [0.1, 0.15) is 5.75 Å². The Labute approximate surface area is 132 Å². The summed E-state index contributed by atoms with van der Waals surface area (Å²) < 4.78 is 5.58. The summed E-state index contributed by atoms with van der Waals surface area (Å²) in [5.74, 6) is 1.17. The van der Waals surface area contributed by atoms with Gasteiger partial charge in [0.2, 0.25) is 0 Å². The molecule has 22 heavy (non-hydrogen) atoms. The molecule has 2 rings (SSSR count). The highest BCUT2D eigenvalue weighted by Crippen LogP contribution is 2.23. The molecule has 1 amide bonds. The number of ketones is 1. The molecule has 1 unspecified atom stereocenters. The molecular formula is C18H25NO3. The molecule has 0 aliphatic carbocycles. The van der Waals surface area contributed by atoms with Crippen molar-refractivity contribution >= 4 is 11.7 Å². The van der Waals surface area contributed by atoms with E-state index in [0.29, 0.717) is 23.3 Å². The third kappa shape index (κ3) is 4.09. The molecule has 0 N–H and O–H groups in total. The lowest BCUT2D eigenvalue weighted by molar-refractivity contribution is -0.138. The summed E-state index contributed by atoms with van der Waals surface area (Å²) in [4.78, 5) is 25.6. The summed E-state index contributed by atoms with van der Waals surface area (Å²) in [6.45, 7) is 6.74. The molecule has 1 aromatic rings. The molecule has 1 atom stereocenters. The Morgan fingerprint density at radius 3 is 2.50 bits per heavy atom. The fraction of sp³-hybridized carbons (Fsp3) is 0.556. The van der Waals surface area contributed by atoms with Gasteiger partial charge in [-0.3, -0.25) is 9.59 Å². The quantitative estimate of drug-likeness (QED) is 0.784. The van der Waals surface area contributed by atoms with Crippen LogP contribution >= 0.6 is 0 Å². The van der Waals surface area contributed by atoms with Gasteiger partial charge in [-0.05, 0) is 56.4 Å². The number of benzene rings is 1. The first-order valence-electron chi connectivity index (χ1n) is 8.02. The highest BCUT2D eigenvalue weighted by Gasteiger charge is 2.28. The van der Waals surface area contributed by atoms with Crippen molar-refractivity contribution in [2.75, 3.05) is 13.2 Å². The summed E-state index contributed by atoms with van der Waals surface area (Å²) in [6, 6.07) is 7.24. The summed E-state index contributed by atoms with van der Waals surface area (Å²) >= 11 is 0. The highest BCUT2D eigenvalue weighted by atomic mass is 16.5. The van der Waals surface area contributed by atoms with Gasteiger partial charge < -0.3 is 9.64 Å². The number of Topliss-reactive ketones (excluding diaryl/α,β-unsaturated/α-hetero) is 1. The Morgan fingerprint density at radius 2 is 1.91 bits per heavy atom. The first-order chi connectivity index (χ1) is 10.5. The van der Waals surface area contributed by atoms with Crippen molar-refractivity contribution in [2.24, 2.45) is 5.92 Å². The molecule has 0 spiro atoms. The van der Waals surface area contributed by atoms with E-state index in [2.05, 4.69) is 13.8 Å². The molecule has 0 saturated carbocycles. The van der Waals surface area contributed by atoms with Crippen molar-refractivity contribution in [1.82, 2.24) is 4.90 Å². The third-order valence-electron chi connectivity index (χ3n) is 4.26. The van der Waals surface area contributed by atoms with Gasteiger partial charge in [0.25, 0.3) is 5.91 Å². The minimum atomic E-state index is 0.0238. The van der Waals surface area contributed by atoms with Gasteiger partial charge in [-0.1, -0.05) is 13.8 Å². The van der Waals surface area contributed by atoms with E-state index in [0.717, 1.165) is 19.4 Å². The van der Waals surface area contributed by atoms with Crippen LogP contribution in [0, 0.1) is 5.92 Å². The van der Waals surface area contributed by atoms with Crippen LogP contribution in [-0.4, -0.2) is 35.8 Å². The Hall–Kier alpha value is -1.84. The number of likely N-dealkylation sites (tertiary alicyclic amines) is 1. The molecule has 1 aromatic carbocycles. The lowest BCUT2D eigenvalue weighted by atomic mass is 9.93. The largest absolute Gasteiger partial charge is 0.484 e. The number of carbonyl (C=O) groups excluding carboxylic acids is 2. The van der Waals surface area contributed by atoms with Crippen LogP contribution in [0.4, 0.5) is 0 Å². The van der Waals surface area contributed by atoms with Crippen molar-refractivity contribution in [3.8, 4) is 5.75 Å². The molecule has 0 aromatic heterocycles. The first-order valence-corrected chi connectivity index (χ1v) is 8.02. The molecule has 4 nitrogen and oxygen atoms in total. The standard InChI is InChI=1S/C18H25NO3/c1-13(2)17-6-4-5-11-19(17)18(21)12-22-16-9-7-15(8-10-16)14(3)20/h7-10,13,17H,4-6,11-12H2,1-3H3. The fourth-order valence-electron chi connectivity index (χ4n) is 2.97. The van der Waals surface area contributed by atoms with Crippen LogP contribution in [0.25, 0.3) is 0 Å². The van der Waals surface area contributed by atoms with Crippen LogP contribution in [-0.2, 0) is 4.79 Å². The molecule has 1 heterocycles. The minimum absolute atomic E-state index is 0.0238. The lowest BCUT2D eigenvalue weighted by Gasteiger charge is -2.38. The van der Waals surface area contributed by atoms with Crippen LogP contribution in [0.1, 0.15) is 50.4 Å². The van der Waals surface area contributed by atoms with Gasteiger partial charge in [0.15, 0.2) is 12.4 Å². The van der Waals surface area contributed by atoms with E-state index >= 15 is 0 Å². The van der Waals surface area contributed by atoms with Gasteiger partial charge in [0.05, 0.1) is 0 Å². The zero-order chi connectivity index (χ0) is 16.1. The van der Waals surface area contributed by atoms with Gasteiger partial charge in [-0.2, -0.15) is 0 Å². The number of carbonyl (C=O) groups is 2. The Bertz CT molecular complexity index is 522. The van der Waals surface area contributed by atoms with Crippen molar-refractivity contribution in [3.05, 3.63) is 29.8 Å². The number of piperidine rings is 1. The van der Waals surface area contributed by atoms with E-state index in [-0.39, 0.29) is 18.3 Å². The van der Waals surface area contributed by atoms with Crippen molar-refractivity contribution < 1.29 is 14.3 Å². The number of ether oxygens (including phenoxy) is 1. The van der Waals surface area contributed by atoms with E-state index < -0.39 is 0 Å². The van der Waals surface area contributed by atoms with E-state index in [1.165, 1.54) is 13.3 Å². The molecule has 1 saturated heterocycles. The zero-order valence-corrected chi connectivity index (χ0v) is 13.7. The fourth-order valence-corrected chi connectivity index (χ4v) is 2.97. The maximum atomic E-state index is 12.4. The molecule has 120 valence electrons. The first kappa shape index (κ1) is 16.5. The van der Waals surface area contributed by atoms with Crippen LogP contribution in [0.15, 0.2) is 24.3 Å². The normalized spacial score (nSPS) is 18.4. The summed E-state index contributed by atoms with van der Waals surface area (Å²) in [5, 5.41) is 0. The third-order valence-corrected chi connectivity index (χ3v) is 4.26. The second-order valence-corrected chi connectivity index (χ2v) is 6.26. The molecule has 4 heteroatoms. The predicted octanol–water partition coefficient (Wildman–Crippen LogP) is 3.31. The summed E-state index contributed by atoms with van der Waals surface area (Å²) in [5.41, 5.74) is 0.648. The van der Waals surface area contributed by atoms with Crippen LogP contribution < -0.4 is 4.74 Å². The highest BCUT2D eigenvalue weighted by molar-refractivity contribution is 5.94. The number of amides is 1. The molecule has 1 aliphatic heterocycles. The van der Waals surface area contributed by atoms with Crippen LogP contribution in [0.3, 0.4) is 0 Å². The maximum absolute atomic E-state index is 12.4. The SMILES string of the molecule is CC(=O)c1ccc(OCC(=O)N2CCCCC2C(C)C)cc1. The van der Waals surface area contributed by atoms with Gasteiger partial charge in [-0.25, -0.2) is 0 Å². The van der Waals surface area contributed by atoms with E-state index in [1.807, 2.05) is 4.90 Å².